The SMILES string of the molecule is N#Cc1c(-c2ccco2)cc(-c2cccs2)[nH+]c1N. The second kappa shape index (κ2) is 4.59. The third-order valence-electron chi connectivity index (χ3n) is 2.78. The average molecular weight is 268 g/mol. The van der Waals surface area contributed by atoms with Crippen molar-refractivity contribution < 1.29 is 9.40 Å². The molecule has 4 nitrogen and oxygen atoms in total. The van der Waals surface area contributed by atoms with E-state index in [2.05, 4.69) is 11.1 Å². The Balaban J connectivity index is 2.25. The van der Waals surface area contributed by atoms with Crippen molar-refractivity contribution in [3.05, 3.63) is 47.5 Å². The maximum Gasteiger partial charge on any atom is 0.289 e. The highest BCUT2D eigenvalue weighted by atomic mass is 32.1. The Bertz CT molecular complexity index is 740. The number of rotatable bonds is 2. The number of aromatic nitrogens is 1. The van der Waals surface area contributed by atoms with Gasteiger partial charge in [-0.2, -0.15) is 5.26 Å². The summed E-state index contributed by atoms with van der Waals surface area (Å²) in [5, 5.41) is 11.2. The van der Waals surface area contributed by atoms with Crippen molar-refractivity contribution >= 4 is 17.2 Å². The molecule has 5 heteroatoms. The Kier molecular flexibility index (Phi) is 2.78. The van der Waals surface area contributed by atoms with Gasteiger partial charge in [-0.1, -0.05) is 6.07 Å². The molecule has 3 heterocycles. The third-order valence-corrected chi connectivity index (χ3v) is 3.68. The first kappa shape index (κ1) is 11.5. The number of anilines is 1. The number of thiophene rings is 1. The molecule has 3 aromatic rings. The van der Waals surface area contributed by atoms with Crippen LogP contribution in [-0.2, 0) is 0 Å². The van der Waals surface area contributed by atoms with E-state index in [-0.39, 0.29) is 0 Å². The van der Waals surface area contributed by atoms with E-state index in [0.717, 1.165) is 10.6 Å². The summed E-state index contributed by atoms with van der Waals surface area (Å²) < 4.78 is 5.37. The first-order valence-electron chi connectivity index (χ1n) is 5.63. The highest BCUT2D eigenvalue weighted by Crippen LogP contribution is 2.30. The lowest BCUT2D eigenvalue weighted by Crippen LogP contribution is -2.15. The predicted molar refractivity (Wildman–Crippen MR) is 73.1 cm³/mol. The fraction of sp³-hybridized carbons (Fsp3) is 0. The van der Waals surface area contributed by atoms with Crippen LogP contribution < -0.4 is 10.7 Å². The van der Waals surface area contributed by atoms with Gasteiger partial charge in [0, 0.05) is 5.56 Å². The fourth-order valence-electron chi connectivity index (χ4n) is 1.92. The van der Waals surface area contributed by atoms with Crippen LogP contribution in [-0.4, -0.2) is 0 Å². The maximum atomic E-state index is 9.23. The molecular formula is C14H10N3OS+. The summed E-state index contributed by atoms with van der Waals surface area (Å²) in [5.74, 6) is 0.981. The minimum atomic E-state index is 0.347. The summed E-state index contributed by atoms with van der Waals surface area (Å²) in [6.45, 7) is 0. The molecule has 0 spiro atoms. The van der Waals surface area contributed by atoms with E-state index in [1.165, 1.54) is 0 Å². The molecule has 0 fully saturated rings. The van der Waals surface area contributed by atoms with Crippen LogP contribution in [0.5, 0.6) is 0 Å². The lowest BCUT2D eigenvalue weighted by molar-refractivity contribution is -0.346. The summed E-state index contributed by atoms with van der Waals surface area (Å²) >= 11 is 1.60. The number of hydrogen-bond donors (Lipinski definition) is 1. The zero-order valence-electron chi connectivity index (χ0n) is 9.88. The molecule has 3 N–H and O–H groups in total. The smallest absolute Gasteiger partial charge is 0.289 e. The molecule has 0 unspecified atom stereocenters. The van der Waals surface area contributed by atoms with Gasteiger partial charge in [0.05, 0.1) is 11.1 Å². The normalized spacial score (nSPS) is 10.3. The van der Waals surface area contributed by atoms with Gasteiger partial charge in [-0.05, 0) is 29.6 Å². The van der Waals surface area contributed by atoms with Crippen molar-refractivity contribution in [3.63, 3.8) is 0 Å². The summed E-state index contributed by atoms with van der Waals surface area (Å²) in [6.07, 6.45) is 1.58. The number of nitrogens with two attached hydrogens (primary N) is 1. The first-order valence-corrected chi connectivity index (χ1v) is 6.51. The van der Waals surface area contributed by atoms with Crippen molar-refractivity contribution in [1.82, 2.24) is 0 Å². The molecule has 3 rings (SSSR count). The van der Waals surface area contributed by atoms with Gasteiger partial charge in [-0.25, -0.2) is 4.98 Å². The molecule has 0 saturated carbocycles. The van der Waals surface area contributed by atoms with Crippen molar-refractivity contribution in [2.75, 3.05) is 5.73 Å². The number of nitrogens with zero attached hydrogens (tertiary/aromatic N) is 1. The van der Waals surface area contributed by atoms with Gasteiger partial charge >= 0.3 is 0 Å². The molecule has 0 atom stereocenters. The summed E-state index contributed by atoms with van der Waals surface area (Å²) in [5.41, 5.74) is 7.90. The molecule has 0 aliphatic rings. The van der Waals surface area contributed by atoms with Crippen LogP contribution in [0.3, 0.4) is 0 Å². The summed E-state index contributed by atoms with van der Waals surface area (Å²) in [4.78, 5) is 4.11. The molecule has 3 aromatic heterocycles. The van der Waals surface area contributed by atoms with Crippen LogP contribution in [0.1, 0.15) is 5.56 Å². The van der Waals surface area contributed by atoms with E-state index >= 15 is 0 Å². The molecule has 0 saturated heterocycles. The first-order chi connectivity index (χ1) is 9.29. The van der Waals surface area contributed by atoms with Crippen LogP contribution in [0.4, 0.5) is 5.82 Å². The number of nitrogen functional groups attached to an aromatic ring is 1. The Morgan fingerprint density at radius 2 is 2.21 bits per heavy atom. The number of furan rings is 1. The van der Waals surface area contributed by atoms with E-state index in [9.17, 15) is 5.26 Å². The van der Waals surface area contributed by atoms with Crippen LogP contribution in [0.25, 0.3) is 21.9 Å². The van der Waals surface area contributed by atoms with E-state index in [1.807, 2.05) is 29.6 Å². The number of nitrogens with one attached hydrogen (secondary N) is 1. The number of pyridine rings is 1. The lowest BCUT2D eigenvalue weighted by Gasteiger charge is -2.03. The second-order valence-corrected chi connectivity index (χ2v) is 4.90. The zero-order valence-corrected chi connectivity index (χ0v) is 10.7. The highest BCUT2D eigenvalue weighted by molar-refractivity contribution is 7.13. The molecular weight excluding hydrogens is 258 g/mol. The molecule has 0 bridgehead atoms. The van der Waals surface area contributed by atoms with Crippen molar-refractivity contribution in [3.8, 4) is 28.0 Å². The topological polar surface area (TPSA) is 77.1 Å². The minimum absolute atomic E-state index is 0.347. The van der Waals surface area contributed by atoms with Crippen LogP contribution in [0.15, 0.2) is 46.4 Å². The van der Waals surface area contributed by atoms with E-state index in [4.69, 9.17) is 10.2 Å². The molecule has 92 valence electrons. The number of nitriles is 1. The second-order valence-electron chi connectivity index (χ2n) is 3.95. The van der Waals surface area contributed by atoms with E-state index in [1.54, 1.807) is 23.7 Å². The molecule has 0 aliphatic carbocycles. The molecule has 0 aromatic carbocycles. The summed E-state index contributed by atoms with van der Waals surface area (Å²) in [7, 11) is 0. The van der Waals surface area contributed by atoms with Crippen molar-refractivity contribution in [2.24, 2.45) is 0 Å². The minimum Gasteiger partial charge on any atom is -0.464 e. The Morgan fingerprint density at radius 1 is 1.32 bits per heavy atom. The maximum absolute atomic E-state index is 9.23. The predicted octanol–water partition coefficient (Wildman–Crippen LogP) is 2.94. The van der Waals surface area contributed by atoms with E-state index < -0.39 is 0 Å². The van der Waals surface area contributed by atoms with Crippen LogP contribution in [0, 0.1) is 11.3 Å². The van der Waals surface area contributed by atoms with Gasteiger partial charge in [0.15, 0.2) is 5.56 Å². The Morgan fingerprint density at radius 3 is 2.84 bits per heavy atom. The van der Waals surface area contributed by atoms with E-state index in [0.29, 0.717) is 22.7 Å². The largest absolute Gasteiger partial charge is 0.464 e. The van der Waals surface area contributed by atoms with Gasteiger partial charge in [0.2, 0.25) is 0 Å². The molecule has 19 heavy (non-hydrogen) atoms. The fourth-order valence-corrected chi connectivity index (χ4v) is 2.61. The van der Waals surface area contributed by atoms with Crippen LogP contribution in [0.2, 0.25) is 0 Å². The van der Waals surface area contributed by atoms with Crippen molar-refractivity contribution in [1.29, 1.82) is 5.26 Å². The van der Waals surface area contributed by atoms with Gasteiger partial charge in [0.25, 0.3) is 5.82 Å². The zero-order chi connectivity index (χ0) is 13.2. The third kappa shape index (κ3) is 1.98. The quantitative estimate of drug-likeness (QED) is 0.776. The molecule has 0 aliphatic heterocycles. The Labute approximate surface area is 113 Å². The lowest BCUT2D eigenvalue weighted by atomic mass is 10.1. The monoisotopic (exact) mass is 268 g/mol. The highest BCUT2D eigenvalue weighted by Gasteiger charge is 2.18. The summed E-state index contributed by atoms with van der Waals surface area (Å²) in [6, 6.07) is 11.6. The van der Waals surface area contributed by atoms with Gasteiger partial charge in [0.1, 0.15) is 17.5 Å². The Hall–Kier alpha value is -2.58. The number of hydrogen-bond acceptors (Lipinski definition) is 4. The molecule has 0 amide bonds. The standard InChI is InChI=1S/C14H9N3OS/c15-8-10-9(12-3-1-5-18-12)7-11(17-14(10)16)13-4-2-6-19-13/h1-7H,(H2,16,17)/p+1. The number of H-pyrrole nitrogens is 1. The van der Waals surface area contributed by atoms with Gasteiger partial charge in [-0.15, -0.1) is 11.3 Å². The molecule has 0 radical (unpaired) electrons. The number of aromatic amines is 1. The van der Waals surface area contributed by atoms with Crippen LogP contribution >= 0.6 is 11.3 Å². The van der Waals surface area contributed by atoms with Crippen molar-refractivity contribution in [2.45, 2.75) is 0 Å². The van der Waals surface area contributed by atoms with Gasteiger partial charge in [-0.3, -0.25) is 5.73 Å². The average Bonchev–Trinajstić information content (AvgIpc) is 3.11. The van der Waals surface area contributed by atoms with Gasteiger partial charge < -0.3 is 4.42 Å².